The monoisotopic (exact) mass is 326 g/mol. The molecule has 1 amide bonds. The fraction of sp³-hybridized carbons (Fsp3) is 0.375. The maximum Gasteiger partial charge on any atom is 0.223 e. The summed E-state index contributed by atoms with van der Waals surface area (Å²) in [6.45, 7) is 2.00. The standard InChI is InChI=1S/C16H18N6O2/c23-16(17-8-12-2-1-7-24-12)11-3-5-22(6-4-11)15-13-14(19-9-18-13)20-10-21-15/h1-2,7,9-11H,3-6,8H2,(H,17,23)(H,18,19,20,21). The van der Waals surface area contributed by atoms with Crippen molar-refractivity contribution in [1.82, 2.24) is 25.3 Å². The van der Waals surface area contributed by atoms with Crippen LogP contribution in [0.25, 0.3) is 11.2 Å². The lowest BCUT2D eigenvalue weighted by Gasteiger charge is -2.32. The second-order valence-electron chi connectivity index (χ2n) is 5.86. The molecule has 1 aliphatic heterocycles. The smallest absolute Gasteiger partial charge is 0.223 e. The highest BCUT2D eigenvalue weighted by atomic mass is 16.3. The normalized spacial score (nSPS) is 15.8. The molecule has 0 radical (unpaired) electrons. The van der Waals surface area contributed by atoms with Crippen molar-refractivity contribution in [3.05, 3.63) is 36.8 Å². The second-order valence-corrected chi connectivity index (χ2v) is 5.86. The second kappa shape index (κ2) is 6.31. The number of carbonyl (C=O) groups excluding carboxylic acids is 1. The van der Waals surface area contributed by atoms with Crippen molar-refractivity contribution in [2.75, 3.05) is 18.0 Å². The number of imidazole rings is 1. The Morgan fingerprint density at radius 1 is 1.33 bits per heavy atom. The molecule has 24 heavy (non-hydrogen) atoms. The molecular weight excluding hydrogens is 308 g/mol. The van der Waals surface area contributed by atoms with Crippen LogP contribution < -0.4 is 10.2 Å². The molecule has 0 atom stereocenters. The van der Waals surface area contributed by atoms with Gasteiger partial charge in [0.1, 0.15) is 17.6 Å². The minimum absolute atomic E-state index is 0.0234. The number of rotatable bonds is 4. The van der Waals surface area contributed by atoms with Gasteiger partial charge in [-0.2, -0.15) is 0 Å². The molecule has 0 spiro atoms. The predicted molar refractivity (Wildman–Crippen MR) is 87.2 cm³/mol. The lowest BCUT2D eigenvalue weighted by atomic mass is 9.96. The first kappa shape index (κ1) is 14.7. The molecule has 1 fully saturated rings. The SMILES string of the molecule is O=C(NCc1ccco1)C1CCN(c2ncnc3nc[nH]c23)CC1. The predicted octanol–water partition coefficient (Wildman–Crippen LogP) is 1.48. The van der Waals surface area contributed by atoms with Gasteiger partial charge in [0.05, 0.1) is 19.1 Å². The number of hydrogen-bond donors (Lipinski definition) is 2. The largest absolute Gasteiger partial charge is 0.467 e. The van der Waals surface area contributed by atoms with Gasteiger partial charge < -0.3 is 19.6 Å². The number of furan rings is 1. The average molecular weight is 326 g/mol. The first-order valence-corrected chi connectivity index (χ1v) is 8.00. The van der Waals surface area contributed by atoms with Gasteiger partial charge in [-0.15, -0.1) is 0 Å². The molecule has 124 valence electrons. The summed E-state index contributed by atoms with van der Waals surface area (Å²) in [5.74, 6) is 1.73. The minimum Gasteiger partial charge on any atom is -0.467 e. The fourth-order valence-corrected chi connectivity index (χ4v) is 3.08. The van der Waals surface area contributed by atoms with Gasteiger partial charge in [-0.25, -0.2) is 15.0 Å². The Morgan fingerprint density at radius 3 is 3.00 bits per heavy atom. The fourth-order valence-electron chi connectivity index (χ4n) is 3.08. The summed E-state index contributed by atoms with van der Waals surface area (Å²) in [4.78, 5) is 30.2. The van der Waals surface area contributed by atoms with E-state index in [0.717, 1.165) is 43.0 Å². The van der Waals surface area contributed by atoms with E-state index < -0.39 is 0 Å². The van der Waals surface area contributed by atoms with Crippen molar-refractivity contribution in [2.24, 2.45) is 5.92 Å². The van der Waals surface area contributed by atoms with Crippen LogP contribution in [-0.2, 0) is 11.3 Å². The van der Waals surface area contributed by atoms with Gasteiger partial charge >= 0.3 is 0 Å². The van der Waals surface area contributed by atoms with Crippen molar-refractivity contribution in [1.29, 1.82) is 0 Å². The van der Waals surface area contributed by atoms with E-state index >= 15 is 0 Å². The molecule has 0 unspecified atom stereocenters. The molecule has 3 aromatic heterocycles. The molecule has 3 aromatic rings. The number of H-pyrrole nitrogens is 1. The number of aromatic nitrogens is 4. The summed E-state index contributed by atoms with van der Waals surface area (Å²) in [5, 5.41) is 2.94. The Balaban J connectivity index is 1.36. The van der Waals surface area contributed by atoms with Gasteiger partial charge in [0.15, 0.2) is 11.5 Å². The van der Waals surface area contributed by atoms with Gasteiger partial charge in [-0.3, -0.25) is 4.79 Å². The van der Waals surface area contributed by atoms with Crippen molar-refractivity contribution in [2.45, 2.75) is 19.4 Å². The highest BCUT2D eigenvalue weighted by molar-refractivity contribution is 5.83. The summed E-state index contributed by atoms with van der Waals surface area (Å²) in [5.41, 5.74) is 1.51. The topological polar surface area (TPSA) is 99.9 Å². The first-order chi connectivity index (χ1) is 11.8. The number of nitrogens with zero attached hydrogens (tertiary/aromatic N) is 4. The number of amides is 1. The Hall–Kier alpha value is -2.90. The third-order valence-electron chi connectivity index (χ3n) is 4.39. The van der Waals surface area contributed by atoms with Crippen LogP contribution in [0.15, 0.2) is 35.5 Å². The van der Waals surface area contributed by atoms with Crippen LogP contribution in [0.3, 0.4) is 0 Å². The summed E-state index contributed by atoms with van der Waals surface area (Å²) in [7, 11) is 0. The number of piperidine rings is 1. The van der Waals surface area contributed by atoms with Crippen LogP contribution in [0.5, 0.6) is 0 Å². The molecule has 0 bridgehead atoms. The highest BCUT2D eigenvalue weighted by Gasteiger charge is 2.26. The van der Waals surface area contributed by atoms with Crippen LogP contribution >= 0.6 is 0 Å². The zero-order valence-electron chi connectivity index (χ0n) is 13.1. The van der Waals surface area contributed by atoms with Crippen LogP contribution in [-0.4, -0.2) is 38.9 Å². The third-order valence-corrected chi connectivity index (χ3v) is 4.39. The number of nitrogens with one attached hydrogen (secondary N) is 2. The highest BCUT2D eigenvalue weighted by Crippen LogP contribution is 2.25. The van der Waals surface area contributed by atoms with Crippen molar-refractivity contribution in [3.8, 4) is 0 Å². The number of anilines is 1. The van der Waals surface area contributed by atoms with Crippen LogP contribution in [0.1, 0.15) is 18.6 Å². The van der Waals surface area contributed by atoms with E-state index in [1.807, 2.05) is 12.1 Å². The van der Waals surface area contributed by atoms with E-state index in [-0.39, 0.29) is 11.8 Å². The quantitative estimate of drug-likeness (QED) is 0.753. The Kier molecular flexibility index (Phi) is 3.86. The van der Waals surface area contributed by atoms with Crippen molar-refractivity contribution in [3.63, 3.8) is 0 Å². The summed E-state index contributed by atoms with van der Waals surface area (Å²) >= 11 is 0. The molecular formula is C16H18N6O2. The first-order valence-electron chi connectivity index (χ1n) is 8.00. The van der Waals surface area contributed by atoms with Crippen LogP contribution in [0.2, 0.25) is 0 Å². The molecule has 4 rings (SSSR count). The van der Waals surface area contributed by atoms with Gasteiger partial charge in [-0.1, -0.05) is 0 Å². The number of carbonyl (C=O) groups is 1. The van der Waals surface area contributed by atoms with Gasteiger partial charge in [0.2, 0.25) is 5.91 Å². The summed E-state index contributed by atoms with van der Waals surface area (Å²) in [6, 6.07) is 3.67. The van der Waals surface area contributed by atoms with Gasteiger partial charge in [-0.05, 0) is 25.0 Å². The number of fused-ring (bicyclic) bond motifs is 1. The molecule has 8 nitrogen and oxygen atoms in total. The Labute approximate surface area is 138 Å². The van der Waals surface area contributed by atoms with E-state index in [4.69, 9.17) is 4.42 Å². The summed E-state index contributed by atoms with van der Waals surface area (Å²) < 4.78 is 5.23. The zero-order chi connectivity index (χ0) is 16.4. The molecule has 8 heteroatoms. The number of hydrogen-bond acceptors (Lipinski definition) is 6. The van der Waals surface area contributed by atoms with E-state index in [9.17, 15) is 4.79 Å². The Morgan fingerprint density at radius 2 is 2.21 bits per heavy atom. The van der Waals surface area contributed by atoms with Gasteiger partial charge in [0.25, 0.3) is 0 Å². The maximum absolute atomic E-state index is 12.3. The summed E-state index contributed by atoms with van der Waals surface area (Å²) in [6.07, 6.45) is 6.35. The lowest BCUT2D eigenvalue weighted by molar-refractivity contribution is -0.125. The van der Waals surface area contributed by atoms with Crippen molar-refractivity contribution < 1.29 is 9.21 Å². The number of aromatic amines is 1. The van der Waals surface area contributed by atoms with E-state index in [1.54, 1.807) is 12.6 Å². The Bertz CT molecular complexity index is 820. The lowest BCUT2D eigenvalue weighted by Crippen LogP contribution is -2.40. The molecule has 1 aliphatic rings. The zero-order valence-corrected chi connectivity index (χ0v) is 13.1. The third kappa shape index (κ3) is 2.82. The van der Waals surface area contributed by atoms with Crippen LogP contribution in [0, 0.1) is 5.92 Å². The van der Waals surface area contributed by atoms with E-state index in [2.05, 4.69) is 30.2 Å². The molecule has 2 N–H and O–H groups in total. The van der Waals surface area contributed by atoms with E-state index in [0.29, 0.717) is 12.2 Å². The van der Waals surface area contributed by atoms with E-state index in [1.165, 1.54) is 6.33 Å². The molecule has 0 aliphatic carbocycles. The molecule has 4 heterocycles. The maximum atomic E-state index is 12.3. The average Bonchev–Trinajstić information content (AvgIpc) is 3.31. The van der Waals surface area contributed by atoms with Crippen molar-refractivity contribution >= 4 is 22.9 Å². The minimum atomic E-state index is 0.0234. The van der Waals surface area contributed by atoms with Gasteiger partial charge in [0, 0.05) is 19.0 Å². The molecule has 0 aromatic carbocycles. The molecule has 1 saturated heterocycles. The van der Waals surface area contributed by atoms with Crippen LogP contribution in [0.4, 0.5) is 5.82 Å². The molecule has 0 saturated carbocycles.